The number of nitrogens with two attached hydrogens (primary N) is 1. The molecule has 1 saturated carbocycles. The Balaban J connectivity index is 0.00000192. The van der Waals surface area contributed by atoms with E-state index in [4.69, 9.17) is 10.5 Å². The lowest BCUT2D eigenvalue weighted by atomic mass is 9.94. The number of carbonyl (C=O) groups is 1. The number of benzene rings is 1. The highest BCUT2D eigenvalue weighted by Crippen LogP contribution is 2.34. The third kappa shape index (κ3) is 4.06. The lowest BCUT2D eigenvalue weighted by Gasteiger charge is -2.39. The summed E-state index contributed by atoms with van der Waals surface area (Å²) in [6, 6.07) is 10.2. The fourth-order valence-corrected chi connectivity index (χ4v) is 3.86. The molecule has 128 valence electrons. The molecule has 1 aromatic rings. The molecule has 1 aromatic carbocycles. The molecule has 1 saturated heterocycles. The van der Waals surface area contributed by atoms with Gasteiger partial charge >= 0.3 is 0 Å². The molecule has 1 heterocycles. The molecule has 1 amide bonds. The van der Waals surface area contributed by atoms with Crippen molar-refractivity contribution >= 4 is 18.3 Å². The zero-order chi connectivity index (χ0) is 15.5. The Hall–Kier alpha value is -1.10. The Morgan fingerprint density at radius 1 is 1.26 bits per heavy atom. The van der Waals surface area contributed by atoms with Gasteiger partial charge in [-0.05, 0) is 37.8 Å². The highest BCUT2D eigenvalue weighted by atomic mass is 35.5. The number of morpholine rings is 1. The van der Waals surface area contributed by atoms with Crippen LogP contribution in [0.3, 0.4) is 0 Å². The summed E-state index contributed by atoms with van der Waals surface area (Å²) in [5, 5.41) is 0. The van der Waals surface area contributed by atoms with Gasteiger partial charge in [0.05, 0.1) is 12.6 Å². The Kier molecular flexibility index (Phi) is 6.45. The van der Waals surface area contributed by atoms with E-state index in [2.05, 4.69) is 12.1 Å². The predicted molar refractivity (Wildman–Crippen MR) is 93.4 cm³/mol. The summed E-state index contributed by atoms with van der Waals surface area (Å²) in [5.41, 5.74) is 6.99. The maximum atomic E-state index is 12.9. The van der Waals surface area contributed by atoms with E-state index in [0.717, 1.165) is 24.8 Å². The first-order valence-corrected chi connectivity index (χ1v) is 8.38. The number of rotatable bonds is 3. The van der Waals surface area contributed by atoms with Gasteiger partial charge in [0.25, 0.3) is 0 Å². The zero-order valence-corrected chi connectivity index (χ0v) is 14.5. The number of hydrogen-bond donors (Lipinski definition) is 1. The molecule has 0 radical (unpaired) electrons. The summed E-state index contributed by atoms with van der Waals surface area (Å²) in [6.07, 6.45) is 3.25. The first kappa shape index (κ1) is 18.2. The SMILES string of the molecule is CC1CN(C(=O)[C@@H]2CCC[C@@H]2CN)CC(c2ccccc2)O1.Cl. The van der Waals surface area contributed by atoms with Crippen molar-refractivity contribution < 1.29 is 9.53 Å². The molecule has 0 bridgehead atoms. The van der Waals surface area contributed by atoms with Crippen molar-refractivity contribution in [3.05, 3.63) is 35.9 Å². The Labute approximate surface area is 144 Å². The largest absolute Gasteiger partial charge is 0.367 e. The summed E-state index contributed by atoms with van der Waals surface area (Å²) in [5.74, 6) is 0.761. The van der Waals surface area contributed by atoms with Gasteiger partial charge in [-0.3, -0.25) is 4.79 Å². The van der Waals surface area contributed by atoms with Gasteiger partial charge in [-0.1, -0.05) is 36.8 Å². The van der Waals surface area contributed by atoms with E-state index in [-0.39, 0.29) is 36.4 Å². The van der Waals surface area contributed by atoms with Crippen LogP contribution in [-0.2, 0) is 9.53 Å². The number of ether oxygens (including phenoxy) is 1. The molecule has 3 rings (SSSR count). The summed E-state index contributed by atoms with van der Waals surface area (Å²) in [6.45, 7) is 4.01. The van der Waals surface area contributed by atoms with Gasteiger partial charge in [0.1, 0.15) is 6.10 Å². The van der Waals surface area contributed by atoms with E-state index in [1.807, 2.05) is 30.0 Å². The van der Waals surface area contributed by atoms with Crippen molar-refractivity contribution in [2.45, 2.75) is 38.4 Å². The molecule has 0 spiro atoms. The number of hydrogen-bond acceptors (Lipinski definition) is 3. The minimum atomic E-state index is -0.0216. The van der Waals surface area contributed by atoms with Crippen LogP contribution >= 0.6 is 12.4 Å². The fraction of sp³-hybridized carbons (Fsp3) is 0.611. The van der Waals surface area contributed by atoms with Crippen molar-refractivity contribution in [2.24, 2.45) is 17.6 Å². The molecular weight excluding hydrogens is 312 g/mol. The topological polar surface area (TPSA) is 55.6 Å². The molecule has 5 heteroatoms. The fourth-order valence-electron chi connectivity index (χ4n) is 3.86. The summed E-state index contributed by atoms with van der Waals surface area (Å²) in [4.78, 5) is 14.9. The second-order valence-electron chi connectivity index (χ2n) is 6.62. The molecule has 2 N–H and O–H groups in total. The Bertz CT molecular complexity index is 511. The molecule has 1 aliphatic heterocycles. The molecule has 2 fully saturated rings. The second kappa shape index (κ2) is 8.13. The minimum absolute atomic E-state index is 0. The van der Waals surface area contributed by atoms with Gasteiger partial charge in [0.2, 0.25) is 5.91 Å². The quantitative estimate of drug-likeness (QED) is 0.922. The van der Waals surface area contributed by atoms with Crippen molar-refractivity contribution in [2.75, 3.05) is 19.6 Å². The van der Waals surface area contributed by atoms with Crippen LogP contribution in [0.15, 0.2) is 30.3 Å². The maximum absolute atomic E-state index is 12.9. The third-order valence-electron chi connectivity index (χ3n) is 5.02. The predicted octanol–water partition coefficient (Wildman–Crippen LogP) is 2.77. The van der Waals surface area contributed by atoms with E-state index in [9.17, 15) is 4.79 Å². The second-order valence-corrected chi connectivity index (χ2v) is 6.62. The average Bonchev–Trinajstić information content (AvgIpc) is 3.03. The van der Waals surface area contributed by atoms with Crippen molar-refractivity contribution in [1.29, 1.82) is 0 Å². The Morgan fingerprint density at radius 3 is 2.70 bits per heavy atom. The smallest absolute Gasteiger partial charge is 0.226 e. The van der Waals surface area contributed by atoms with E-state index in [0.29, 0.717) is 25.6 Å². The highest BCUT2D eigenvalue weighted by molar-refractivity contribution is 5.85. The first-order chi connectivity index (χ1) is 10.7. The van der Waals surface area contributed by atoms with Crippen molar-refractivity contribution in [1.82, 2.24) is 4.90 Å². The highest BCUT2D eigenvalue weighted by Gasteiger charge is 2.37. The van der Waals surface area contributed by atoms with E-state index in [1.165, 1.54) is 0 Å². The van der Waals surface area contributed by atoms with Crippen LogP contribution in [0.2, 0.25) is 0 Å². The summed E-state index contributed by atoms with van der Waals surface area (Å²) in [7, 11) is 0. The molecule has 4 atom stereocenters. The van der Waals surface area contributed by atoms with Gasteiger partial charge in [0, 0.05) is 12.5 Å². The number of nitrogens with zero attached hydrogens (tertiary/aromatic N) is 1. The molecule has 0 aromatic heterocycles. The standard InChI is InChI=1S/C18H26N2O2.ClH/c1-13-11-20(18(21)16-9-5-8-15(16)10-19)12-17(22-13)14-6-3-2-4-7-14;/h2-4,6-7,13,15-17H,5,8-12,19H2,1H3;1H/t13?,15-,16-,17?;/m1./s1. The summed E-state index contributed by atoms with van der Waals surface area (Å²) < 4.78 is 6.05. The van der Waals surface area contributed by atoms with Gasteiger partial charge < -0.3 is 15.4 Å². The van der Waals surface area contributed by atoms with Crippen LogP contribution in [0.5, 0.6) is 0 Å². The van der Waals surface area contributed by atoms with Gasteiger partial charge in [0.15, 0.2) is 0 Å². The van der Waals surface area contributed by atoms with Crippen LogP contribution in [0.1, 0.15) is 37.9 Å². The van der Waals surface area contributed by atoms with Crippen LogP contribution in [-0.4, -0.2) is 36.5 Å². The van der Waals surface area contributed by atoms with Crippen molar-refractivity contribution in [3.8, 4) is 0 Å². The number of amides is 1. The number of halogens is 1. The van der Waals surface area contributed by atoms with Crippen molar-refractivity contribution in [3.63, 3.8) is 0 Å². The van der Waals surface area contributed by atoms with Crippen LogP contribution in [0.4, 0.5) is 0 Å². The normalized spacial score (nSPS) is 30.8. The molecule has 1 aliphatic carbocycles. The molecule has 2 unspecified atom stereocenters. The van der Waals surface area contributed by atoms with E-state index >= 15 is 0 Å². The molecule has 4 nitrogen and oxygen atoms in total. The minimum Gasteiger partial charge on any atom is -0.367 e. The lowest BCUT2D eigenvalue weighted by Crippen LogP contribution is -2.49. The molecular formula is C18H27ClN2O2. The monoisotopic (exact) mass is 338 g/mol. The van der Waals surface area contributed by atoms with Crippen LogP contribution in [0.25, 0.3) is 0 Å². The van der Waals surface area contributed by atoms with E-state index in [1.54, 1.807) is 0 Å². The van der Waals surface area contributed by atoms with Gasteiger partial charge in [-0.25, -0.2) is 0 Å². The van der Waals surface area contributed by atoms with Gasteiger partial charge in [-0.2, -0.15) is 0 Å². The maximum Gasteiger partial charge on any atom is 0.226 e. The van der Waals surface area contributed by atoms with Gasteiger partial charge in [-0.15, -0.1) is 12.4 Å². The van der Waals surface area contributed by atoms with E-state index < -0.39 is 0 Å². The molecule has 23 heavy (non-hydrogen) atoms. The lowest BCUT2D eigenvalue weighted by molar-refractivity contribution is -0.150. The zero-order valence-electron chi connectivity index (χ0n) is 13.7. The van der Waals surface area contributed by atoms with Crippen LogP contribution < -0.4 is 5.73 Å². The van der Waals surface area contributed by atoms with Crippen LogP contribution in [0, 0.1) is 11.8 Å². The third-order valence-corrected chi connectivity index (χ3v) is 5.02. The Morgan fingerprint density at radius 2 is 2.00 bits per heavy atom. The average molecular weight is 339 g/mol. The summed E-state index contributed by atoms with van der Waals surface area (Å²) >= 11 is 0. The number of carbonyl (C=O) groups excluding carboxylic acids is 1. The molecule has 2 aliphatic rings. The first-order valence-electron chi connectivity index (χ1n) is 8.38.